The maximum Gasteiger partial charge on any atom is 0.243 e. The molecule has 0 aliphatic carbocycles. The number of nitrogens with one attached hydrogen (secondary N) is 1. The van der Waals surface area contributed by atoms with Crippen molar-refractivity contribution in [1.29, 1.82) is 0 Å². The minimum Gasteiger partial charge on any atom is -0.316 e. The summed E-state index contributed by atoms with van der Waals surface area (Å²) in [6, 6.07) is 5.07. The van der Waals surface area contributed by atoms with Crippen LogP contribution in [-0.2, 0) is 10.0 Å². The molecule has 2 heterocycles. The van der Waals surface area contributed by atoms with Crippen LogP contribution in [0.1, 0.15) is 18.4 Å². The van der Waals surface area contributed by atoms with Gasteiger partial charge in [-0.25, -0.2) is 8.42 Å². The highest BCUT2D eigenvalue weighted by Gasteiger charge is 2.44. The second-order valence-electron chi connectivity index (χ2n) is 5.88. The average Bonchev–Trinajstić information content (AvgIpc) is 3.04. The van der Waals surface area contributed by atoms with Gasteiger partial charge in [0.2, 0.25) is 10.0 Å². The highest BCUT2D eigenvalue weighted by atomic mass is 35.5. The molecule has 3 rings (SSSR count). The number of hydrogen-bond donors (Lipinski definition) is 1. The van der Waals surface area contributed by atoms with Gasteiger partial charge in [-0.2, -0.15) is 4.31 Å². The van der Waals surface area contributed by atoms with Crippen LogP contribution in [0.3, 0.4) is 0 Å². The molecule has 1 spiro atoms. The zero-order valence-corrected chi connectivity index (χ0v) is 13.1. The highest BCUT2D eigenvalue weighted by Crippen LogP contribution is 2.39. The summed E-state index contributed by atoms with van der Waals surface area (Å²) in [4.78, 5) is 0.341. The van der Waals surface area contributed by atoms with Crippen LogP contribution in [0, 0.1) is 12.3 Å². The van der Waals surface area contributed by atoms with Gasteiger partial charge in [-0.3, -0.25) is 0 Å². The molecule has 1 N–H and O–H groups in total. The van der Waals surface area contributed by atoms with Crippen molar-refractivity contribution >= 4 is 21.6 Å². The number of halogens is 1. The van der Waals surface area contributed by atoms with E-state index in [0.717, 1.165) is 25.9 Å². The van der Waals surface area contributed by atoms with Gasteiger partial charge in [-0.05, 0) is 49.4 Å². The normalized spacial score (nSPS) is 27.5. The fourth-order valence-corrected chi connectivity index (χ4v) is 5.28. The van der Waals surface area contributed by atoms with Crippen LogP contribution >= 0.6 is 11.6 Å². The molecule has 0 bridgehead atoms. The lowest BCUT2D eigenvalue weighted by molar-refractivity contribution is 0.338. The van der Waals surface area contributed by atoms with Crippen LogP contribution < -0.4 is 5.32 Å². The predicted molar refractivity (Wildman–Crippen MR) is 79.5 cm³/mol. The average molecular weight is 315 g/mol. The molecule has 1 unspecified atom stereocenters. The fourth-order valence-electron chi connectivity index (χ4n) is 3.25. The van der Waals surface area contributed by atoms with E-state index in [-0.39, 0.29) is 5.41 Å². The lowest BCUT2D eigenvalue weighted by Crippen LogP contribution is -2.33. The van der Waals surface area contributed by atoms with E-state index in [1.165, 1.54) is 0 Å². The molecule has 20 heavy (non-hydrogen) atoms. The minimum absolute atomic E-state index is 0.138. The van der Waals surface area contributed by atoms with Gasteiger partial charge >= 0.3 is 0 Å². The molecule has 2 saturated heterocycles. The first kappa shape index (κ1) is 14.3. The van der Waals surface area contributed by atoms with Crippen LogP contribution in [-0.4, -0.2) is 38.9 Å². The van der Waals surface area contributed by atoms with Gasteiger partial charge in [0.1, 0.15) is 0 Å². The third-order valence-electron chi connectivity index (χ3n) is 4.57. The third-order valence-corrected chi connectivity index (χ3v) is 6.97. The van der Waals surface area contributed by atoms with Crippen LogP contribution in [0.15, 0.2) is 23.1 Å². The Hall–Kier alpha value is -0.620. The van der Waals surface area contributed by atoms with Crippen molar-refractivity contribution in [1.82, 2.24) is 9.62 Å². The zero-order chi connectivity index (χ0) is 14.4. The van der Waals surface area contributed by atoms with Crippen LogP contribution in [0.2, 0.25) is 5.02 Å². The molecule has 2 aliphatic rings. The molecule has 1 aromatic rings. The Morgan fingerprint density at radius 1 is 1.35 bits per heavy atom. The van der Waals surface area contributed by atoms with E-state index in [1.54, 1.807) is 29.4 Å². The van der Waals surface area contributed by atoms with E-state index in [0.29, 0.717) is 28.6 Å². The van der Waals surface area contributed by atoms with Gasteiger partial charge in [-0.15, -0.1) is 0 Å². The molecule has 1 atom stereocenters. The topological polar surface area (TPSA) is 49.4 Å². The van der Waals surface area contributed by atoms with Crippen LogP contribution in [0.25, 0.3) is 0 Å². The Morgan fingerprint density at radius 2 is 2.15 bits per heavy atom. The van der Waals surface area contributed by atoms with Gasteiger partial charge in [0.25, 0.3) is 0 Å². The third kappa shape index (κ3) is 2.26. The van der Waals surface area contributed by atoms with Crippen molar-refractivity contribution in [2.75, 3.05) is 26.2 Å². The van der Waals surface area contributed by atoms with E-state index in [4.69, 9.17) is 11.6 Å². The Balaban J connectivity index is 1.91. The monoisotopic (exact) mass is 314 g/mol. The van der Waals surface area contributed by atoms with Crippen molar-refractivity contribution in [3.63, 3.8) is 0 Å². The van der Waals surface area contributed by atoms with Crippen molar-refractivity contribution in [3.05, 3.63) is 28.8 Å². The lowest BCUT2D eigenvalue weighted by atomic mass is 9.87. The number of benzene rings is 1. The summed E-state index contributed by atoms with van der Waals surface area (Å²) in [6.45, 7) is 4.90. The quantitative estimate of drug-likeness (QED) is 0.908. The van der Waals surface area contributed by atoms with Crippen LogP contribution in [0.5, 0.6) is 0 Å². The number of rotatable bonds is 2. The van der Waals surface area contributed by atoms with Gasteiger partial charge in [0.15, 0.2) is 0 Å². The molecular weight excluding hydrogens is 296 g/mol. The summed E-state index contributed by atoms with van der Waals surface area (Å²) in [5.74, 6) is 0. The molecule has 4 nitrogen and oxygen atoms in total. The van der Waals surface area contributed by atoms with Crippen molar-refractivity contribution < 1.29 is 8.42 Å². The van der Waals surface area contributed by atoms with Crippen molar-refractivity contribution in [2.24, 2.45) is 5.41 Å². The second kappa shape index (κ2) is 4.98. The van der Waals surface area contributed by atoms with E-state index in [2.05, 4.69) is 5.32 Å². The summed E-state index contributed by atoms with van der Waals surface area (Å²) in [5, 5.41) is 3.85. The molecule has 1 aromatic carbocycles. The largest absolute Gasteiger partial charge is 0.316 e. The molecular formula is C14H19ClN2O2S. The van der Waals surface area contributed by atoms with Gasteiger partial charge in [0.05, 0.1) is 4.90 Å². The molecule has 0 saturated carbocycles. The van der Waals surface area contributed by atoms with Gasteiger partial charge in [-0.1, -0.05) is 17.7 Å². The summed E-state index contributed by atoms with van der Waals surface area (Å²) >= 11 is 6.05. The number of nitrogens with zero attached hydrogens (tertiary/aromatic N) is 1. The van der Waals surface area contributed by atoms with E-state index < -0.39 is 10.0 Å². The molecule has 2 aliphatic heterocycles. The van der Waals surface area contributed by atoms with E-state index >= 15 is 0 Å². The van der Waals surface area contributed by atoms with Crippen molar-refractivity contribution in [3.8, 4) is 0 Å². The number of hydrogen-bond acceptors (Lipinski definition) is 3. The Morgan fingerprint density at radius 3 is 2.85 bits per heavy atom. The molecule has 0 radical (unpaired) electrons. The predicted octanol–water partition coefficient (Wildman–Crippen LogP) is 2.02. The zero-order valence-electron chi connectivity index (χ0n) is 11.5. The molecule has 2 fully saturated rings. The summed E-state index contributed by atoms with van der Waals surface area (Å²) < 4.78 is 27.2. The molecule has 6 heteroatoms. The Bertz CT molecular complexity index is 624. The standard InChI is InChI=1S/C14H19ClN2O2S/c1-11-12(15)3-2-4-13(11)20(18,19)17-8-6-14(10-17)5-7-16-9-14/h2-4,16H,5-10H2,1H3. The molecule has 110 valence electrons. The molecule has 0 amide bonds. The summed E-state index contributed by atoms with van der Waals surface area (Å²) in [7, 11) is -3.43. The molecule has 0 aromatic heterocycles. The van der Waals surface area contributed by atoms with E-state index in [9.17, 15) is 8.42 Å². The highest BCUT2D eigenvalue weighted by molar-refractivity contribution is 7.89. The van der Waals surface area contributed by atoms with Gasteiger partial charge < -0.3 is 5.32 Å². The Kier molecular flexibility index (Phi) is 3.57. The summed E-state index contributed by atoms with van der Waals surface area (Å²) in [6.07, 6.45) is 2.01. The number of sulfonamides is 1. The second-order valence-corrected chi connectivity index (χ2v) is 8.19. The SMILES string of the molecule is Cc1c(Cl)cccc1S(=O)(=O)N1CCC2(CCNC2)C1. The lowest BCUT2D eigenvalue weighted by Gasteiger charge is -2.23. The van der Waals surface area contributed by atoms with E-state index in [1.807, 2.05) is 0 Å². The van der Waals surface area contributed by atoms with Gasteiger partial charge in [0, 0.05) is 24.7 Å². The minimum atomic E-state index is -3.43. The first-order valence-electron chi connectivity index (χ1n) is 6.91. The smallest absolute Gasteiger partial charge is 0.243 e. The summed E-state index contributed by atoms with van der Waals surface area (Å²) in [5.41, 5.74) is 0.777. The maximum absolute atomic E-state index is 12.8. The van der Waals surface area contributed by atoms with Crippen molar-refractivity contribution in [2.45, 2.75) is 24.7 Å². The van der Waals surface area contributed by atoms with Crippen LogP contribution in [0.4, 0.5) is 0 Å². The first-order chi connectivity index (χ1) is 9.45. The maximum atomic E-state index is 12.8. The fraction of sp³-hybridized carbons (Fsp3) is 0.571. The first-order valence-corrected chi connectivity index (χ1v) is 8.72. The Labute approximate surface area is 125 Å².